The van der Waals surface area contributed by atoms with Gasteiger partial charge in [0.05, 0.1) is 24.0 Å². The third-order valence-corrected chi connectivity index (χ3v) is 11.5. The van der Waals surface area contributed by atoms with E-state index in [0.29, 0.717) is 44.1 Å². The van der Waals surface area contributed by atoms with E-state index < -0.39 is 88.1 Å². The van der Waals surface area contributed by atoms with Crippen LogP contribution < -0.4 is 0 Å². The summed E-state index contributed by atoms with van der Waals surface area (Å²) >= 11 is 0. The summed E-state index contributed by atoms with van der Waals surface area (Å²) in [6, 6.07) is 0. The summed E-state index contributed by atoms with van der Waals surface area (Å²) in [5.41, 5.74) is -5.21. The van der Waals surface area contributed by atoms with Crippen molar-refractivity contribution in [3.8, 4) is 0 Å². The number of aliphatic carboxylic acids is 1. The van der Waals surface area contributed by atoms with Gasteiger partial charge in [0.25, 0.3) is 0 Å². The van der Waals surface area contributed by atoms with Crippen LogP contribution >= 0.6 is 0 Å². The van der Waals surface area contributed by atoms with Crippen LogP contribution in [0.3, 0.4) is 0 Å². The molecule has 10 heteroatoms. The normalized spacial score (nSPS) is 47.6. The quantitative estimate of drug-likeness (QED) is 0.473. The molecule has 5 fully saturated rings. The Hall–Kier alpha value is -2.43. The van der Waals surface area contributed by atoms with Crippen LogP contribution in [0.1, 0.15) is 72.6 Å². The maximum absolute atomic E-state index is 17.5. The molecule has 0 amide bonds. The van der Waals surface area contributed by atoms with Crippen molar-refractivity contribution in [1.29, 1.82) is 0 Å². The Morgan fingerprint density at radius 2 is 1.80 bits per heavy atom. The molecule has 0 aromatic carbocycles. The largest absolute Gasteiger partial charge is 0.481 e. The molecular weight excluding hydrogens is 535 g/mol. The number of hydrogen-bond donors (Lipinski definition) is 2. The number of allylic oxidation sites excluding steroid dienone is 4. The molecule has 1 aliphatic heterocycles. The lowest BCUT2D eigenvalue weighted by Crippen LogP contribution is -2.70. The number of rotatable bonds is 5. The molecule has 1 saturated heterocycles. The number of carboxylic acid groups (broad SMARTS) is 1. The average Bonchev–Trinajstić information content (AvgIpc) is 3.55. The number of carboxylic acids is 1. The van der Waals surface area contributed by atoms with E-state index in [1.54, 1.807) is 26.8 Å². The van der Waals surface area contributed by atoms with Gasteiger partial charge in [-0.05, 0) is 77.4 Å². The number of carbonyl (C=O) groups is 4. The molecule has 0 aromatic heterocycles. The number of halogens is 1. The predicted molar refractivity (Wildman–Crippen MR) is 141 cm³/mol. The van der Waals surface area contributed by atoms with E-state index >= 15 is 4.39 Å². The number of alkyl halides is 1. The minimum Gasteiger partial charge on any atom is -0.481 e. The molecule has 6 rings (SSSR count). The van der Waals surface area contributed by atoms with Crippen molar-refractivity contribution < 1.29 is 48.0 Å². The average molecular weight is 575 g/mol. The monoisotopic (exact) mass is 574 g/mol. The number of hydrogen-bond acceptors (Lipinski definition) is 8. The van der Waals surface area contributed by atoms with Crippen molar-refractivity contribution in [3.05, 3.63) is 23.8 Å². The number of fused-ring (bicyclic) bond motifs is 7. The van der Waals surface area contributed by atoms with Gasteiger partial charge in [-0.25, -0.2) is 4.39 Å². The van der Waals surface area contributed by atoms with Crippen molar-refractivity contribution in [3.63, 3.8) is 0 Å². The fourth-order valence-corrected chi connectivity index (χ4v) is 9.70. The fraction of sp³-hybridized carbons (Fsp3) is 0.742. The van der Waals surface area contributed by atoms with E-state index in [9.17, 15) is 29.4 Å². The van der Waals surface area contributed by atoms with Gasteiger partial charge in [0.1, 0.15) is 0 Å². The summed E-state index contributed by atoms with van der Waals surface area (Å²) in [6.45, 7) is 6.34. The molecule has 2 unspecified atom stereocenters. The molecule has 0 spiro atoms. The maximum atomic E-state index is 17.5. The molecule has 41 heavy (non-hydrogen) atoms. The van der Waals surface area contributed by atoms with Crippen LogP contribution in [-0.4, -0.2) is 69.6 Å². The van der Waals surface area contributed by atoms with Crippen molar-refractivity contribution in [2.24, 2.45) is 34.5 Å². The molecule has 5 aliphatic carbocycles. The van der Waals surface area contributed by atoms with Crippen molar-refractivity contribution in [1.82, 2.24) is 0 Å². The van der Waals surface area contributed by atoms with Gasteiger partial charge < -0.3 is 24.4 Å². The predicted octanol–water partition coefficient (Wildman–Crippen LogP) is 3.47. The summed E-state index contributed by atoms with van der Waals surface area (Å²) in [5.74, 6) is -6.34. The lowest BCUT2D eigenvalue weighted by Gasteiger charge is -2.62. The molecule has 0 radical (unpaired) electrons. The summed E-state index contributed by atoms with van der Waals surface area (Å²) < 4.78 is 35.7. The van der Waals surface area contributed by atoms with Gasteiger partial charge in [0.15, 0.2) is 29.4 Å². The number of esters is 1. The van der Waals surface area contributed by atoms with Crippen LogP contribution in [0.5, 0.6) is 0 Å². The molecule has 1 heterocycles. The number of carbonyl (C=O) groups excluding carboxylic acids is 3. The molecule has 224 valence electrons. The first-order valence-corrected chi connectivity index (χ1v) is 14.7. The van der Waals surface area contributed by atoms with Crippen LogP contribution in [0, 0.1) is 34.5 Å². The molecule has 0 bridgehead atoms. The van der Waals surface area contributed by atoms with Gasteiger partial charge in [-0.15, -0.1) is 0 Å². The van der Waals surface area contributed by atoms with E-state index in [1.165, 1.54) is 12.2 Å². The second-order valence-corrected chi connectivity index (χ2v) is 13.9. The number of aliphatic hydroxyl groups excluding tert-OH is 1. The third kappa shape index (κ3) is 3.69. The van der Waals surface area contributed by atoms with Gasteiger partial charge in [-0.1, -0.05) is 25.0 Å². The zero-order chi connectivity index (χ0) is 29.8. The van der Waals surface area contributed by atoms with E-state index in [4.69, 9.17) is 14.2 Å². The molecule has 9 nitrogen and oxygen atoms in total. The Balaban J connectivity index is 1.32. The van der Waals surface area contributed by atoms with Crippen LogP contribution in [-0.2, 0) is 33.4 Å². The molecule has 0 aromatic rings. The molecule has 6 aliphatic rings. The highest BCUT2D eigenvalue weighted by Gasteiger charge is 2.80. The highest BCUT2D eigenvalue weighted by atomic mass is 19.1. The van der Waals surface area contributed by atoms with E-state index in [1.807, 2.05) is 6.92 Å². The second-order valence-electron chi connectivity index (χ2n) is 13.9. The number of ketones is 2. The number of ether oxygens (including phenoxy) is 3. The Bertz CT molecular complexity index is 1270. The number of aliphatic hydroxyl groups is 1. The molecule has 10 atom stereocenters. The topological polar surface area (TPSA) is 136 Å². The van der Waals surface area contributed by atoms with Crippen LogP contribution in [0.4, 0.5) is 4.39 Å². The van der Waals surface area contributed by atoms with Crippen molar-refractivity contribution in [2.75, 3.05) is 6.61 Å². The van der Waals surface area contributed by atoms with E-state index in [2.05, 4.69) is 0 Å². The summed E-state index contributed by atoms with van der Waals surface area (Å²) in [5, 5.41) is 21.1. The highest BCUT2D eigenvalue weighted by molar-refractivity contribution is 6.01. The zero-order valence-electron chi connectivity index (χ0n) is 24.0. The van der Waals surface area contributed by atoms with Crippen molar-refractivity contribution in [2.45, 2.75) is 102 Å². The van der Waals surface area contributed by atoms with Gasteiger partial charge in [0.2, 0.25) is 5.78 Å². The third-order valence-electron chi connectivity index (χ3n) is 11.5. The summed E-state index contributed by atoms with van der Waals surface area (Å²) in [6.07, 6.45) is 4.68. The second kappa shape index (κ2) is 9.04. The van der Waals surface area contributed by atoms with Crippen LogP contribution in [0.25, 0.3) is 0 Å². The number of Topliss-reactive ketones (excluding diaryl/α,β-unsaturated/α-hetero) is 1. The summed E-state index contributed by atoms with van der Waals surface area (Å²) in [4.78, 5) is 50.8. The van der Waals surface area contributed by atoms with Gasteiger partial charge in [0, 0.05) is 16.7 Å². The zero-order valence-corrected chi connectivity index (χ0v) is 24.0. The van der Waals surface area contributed by atoms with Gasteiger partial charge in [-0.3, -0.25) is 19.2 Å². The minimum atomic E-state index is -2.07. The summed E-state index contributed by atoms with van der Waals surface area (Å²) in [7, 11) is 0. The van der Waals surface area contributed by atoms with Crippen LogP contribution in [0.2, 0.25) is 0 Å². The standard InChI is InChI=1S/C31H39FO9/c1-27(2)40-24-13-21-20-9-8-16-12-17(33)10-11-28(16,3)30(20,32)22(34)14-29(21,4)31(24,41-27)23(35)15-39-26(38)19-7-5-6-18(19)25(36)37/h10-12,18-22,24,34H,5-9,13-15H2,1-4H3,(H,36,37)/t18?,19?,20-,21-,22-,24+,28-,29-,30-,31+/m0/s1. The van der Waals surface area contributed by atoms with E-state index in [-0.39, 0.29) is 12.2 Å². The smallest absolute Gasteiger partial charge is 0.310 e. The highest BCUT2D eigenvalue weighted by Crippen LogP contribution is 2.72. The SMILES string of the molecule is CC1(C)O[C@@H]2C[C@H]3[C@@H]4CCC5=CC(=O)C=C[C@]5(C)[C@@]4(F)[C@@H](O)C[C@]3(C)[C@]2(C(=O)COC(=O)C2CCCC2C(=O)O)O1. The first-order chi connectivity index (χ1) is 19.1. The Morgan fingerprint density at radius 3 is 2.51 bits per heavy atom. The van der Waals surface area contributed by atoms with Gasteiger partial charge >= 0.3 is 11.9 Å². The maximum Gasteiger partial charge on any atom is 0.310 e. The first kappa shape index (κ1) is 28.7. The molecule has 2 N–H and O–H groups in total. The Morgan fingerprint density at radius 1 is 1.10 bits per heavy atom. The molecule has 4 saturated carbocycles. The fourth-order valence-electron chi connectivity index (χ4n) is 9.70. The lowest BCUT2D eigenvalue weighted by molar-refractivity contribution is -0.246. The first-order valence-electron chi connectivity index (χ1n) is 14.7. The Kier molecular flexibility index (Phi) is 6.32. The van der Waals surface area contributed by atoms with Crippen LogP contribution in [0.15, 0.2) is 23.8 Å². The Labute approximate surface area is 238 Å². The minimum absolute atomic E-state index is 0.0886. The van der Waals surface area contributed by atoms with E-state index in [0.717, 1.165) is 0 Å². The lowest BCUT2D eigenvalue weighted by atomic mass is 9.44. The van der Waals surface area contributed by atoms with Gasteiger partial charge in [-0.2, -0.15) is 0 Å². The van der Waals surface area contributed by atoms with Crippen molar-refractivity contribution >= 4 is 23.5 Å². The molecular formula is C31H39FO9.